The lowest BCUT2D eigenvalue weighted by molar-refractivity contribution is 0.135. The van der Waals surface area contributed by atoms with Crippen LogP contribution in [0.3, 0.4) is 0 Å². The Kier molecular flexibility index (Phi) is 7.03. The molecule has 2 nitrogen and oxygen atoms in total. The van der Waals surface area contributed by atoms with Crippen LogP contribution in [0.1, 0.15) is 64.2 Å². The Labute approximate surface area is 142 Å². The molecule has 0 saturated heterocycles. The van der Waals surface area contributed by atoms with Crippen LogP contribution in [0, 0.1) is 11.8 Å². The van der Waals surface area contributed by atoms with Crippen molar-refractivity contribution in [1.82, 2.24) is 0 Å². The van der Waals surface area contributed by atoms with E-state index in [0.29, 0.717) is 0 Å². The smallest absolute Gasteiger partial charge is 0.407 e. The molecule has 0 heterocycles. The average molecular weight is 314 g/mol. The van der Waals surface area contributed by atoms with Gasteiger partial charge in [0.15, 0.2) is 0 Å². The molecule has 0 radical (unpaired) electrons. The molecule has 2 saturated carbocycles. The minimum Gasteiger partial charge on any atom is -0.407 e. The highest BCUT2D eigenvalue weighted by molar-refractivity contribution is 6.61. The molecule has 23 heavy (non-hydrogen) atoms. The summed E-state index contributed by atoms with van der Waals surface area (Å²) in [6.07, 6.45) is 13.6. The molecule has 2 aliphatic carbocycles. The van der Waals surface area contributed by atoms with E-state index in [1.165, 1.54) is 69.7 Å². The van der Waals surface area contributed by atoms with Gasteiger partial charge in [0, 0.05) is 13.2 Å². The molecule has 0 aliphatic heterocycles. The van der Waals surface area contributed by atoms with Gasteiger partial charge < -0.3 is 9.31 Å². The van der Waals surface area contributed by atoms with Gasteiger partial charge in [-0.1, -0.05) is 68.9 Å². The first-order chi connectivity index (χ1) is 11.4. The molecular formula is C20H31BO2. The zero-order valence-corrected chi connectivity index (χ0v) is 14.4. The maximum absolute atomic E-state index is 6.24. The van der Waals surface area contributed by atoms with Gasteiger partial charge in [0.05, 0.1) is 0 Å². The number of benzene rings is 1. The third kappa shape index (κ3) is 5.65. The van der Waals surface area contributed by atoms with E-state index in [9.17, 15) is 0 Å². The van der Waals surface area contributed by atoms with Gasteiger partial charge in [0.2, 0.25) is 0 Å². The van der Waals surface area contributed by atoms with E-state index in [2.05, 4.69) is 30.3 Å². The van der Waals surface area contributed by atoms with Crippen LogP contribution in [0.25, 0.3) is 0 Å². The molecule has 2 aliphatic rings. The van der Waals surface area contributed by atoms with E-state index >= 15 is 0 Å². The summed E-state index contributed by atoms with van der Waals surface area (Å²) in [6.45, 7) is 1.70. The summed E-state index contributed by atoms with van der Waals surface area (Å²) in [5.74, 6) is 1.46. The zero-order chi connectivity index (χ0) is 15.7. The van der Waals surface area contributed by atoms with Crippen molar-refractivity contribution in [3.8, 4) is 0 Å². The van der Waals surface area contributed by atoms with Crippen molar-refractivity contribution in [1.29, 1.82) is 0 Å². The van der Waals surface area contributed by atoms with Gasteiger partial charge >= 0.3 is 7.12 Å². The normalized spacial score (nSPS) is 20.5. The molecule has 0 atom stereocenters. The van der Waals surface area contributed by atoms with Crippen molar-refractivity contribution < 1.29 is 9.31 Å². The lowest BCUT2D eigenvalue weighted by Gasteiger charge is -2.26. The predicted octanol–water partition coefficient (Wildman–Crippen LogP) is 4.58. The minimum absolute atomic E-state index is 0.181. The van der Waals surface area contributed by atoms with Crippen molar-refractivity contribution in [3.63, 3.8) is 0 Å². The second kappa shape index (κ2) is 9.49. The summed E-state index contributed by atoms with van der Waals surface area (Å²) in [5.41, 5.74) is 1.17. The quantitative estimate of drug-likeness (QED) is 0.686. The molecule has 0 N–H and O–H groups in total. The van der Waals surface area contributed by atoms with Crippen molar-refractivity contribution in [2.45, 2.75) is 64.2 Å². The van der Waals surface area contributed by atoms with Crippen LogP contribution < -0.4 is 5.46 Å². The fourth-order valence-electron chi connectivity index (χ4n) is 4.01. The molecule has 126 valence electrons. The van der Waals surface area contributed by atoms with E-state index in [0.717, 1.165) is 25.0 Å². The van der Waals surface area contributed by atoms with E-state index < -0.39 is 0 Å². The van der Waals surface area contributed by atoms with Crippen molar-refractivity contribution in [2.75, 3.05) is 13.2 Å². The summed E-state index contributed by atoms with van der Waals surface area (Å²) < 4.78 is 12.5. The van der Waals surface area contributed by atoms with Gasteiger partial charge in [-0.2, -0.15) is 0 Å². The molecule has 0 amide bonds. The number of hydrogen-bond acceptors (Lipinski definition) is 2. The lowest BCUT2D eigenvalue weighted by atomic mass is 9.78. The van der Waals surface area contributed by atoms with E-state index in [1.54, 1.807) is 0 Å². The summed E-state index contributed by atoms with van der Waals surface area (Å²) >= 11 is 0. The Balaban J connectivity index is 1.52. The van der Waals surface area contributed by atoms with Crippen molar-refractivity contribution >= 4 is 12.6 Å². The van der Waals surface area contributed by atoms with E-state index in [4.69, 9.17) is 9.31 Å². The third-order valence-corrected chi connectivity index (χ3v) is 5.49. The van der Waals surface area contributed by atoms with Crippen LogP contribution in [-0.4, -0.2) is 20.3 Å². The number of hydrogen-bond donors (Lipinski definition) is 0. The minimum atomic E-state index is -0.181. The van der Waals surface area contributed by atoms with Gasteiger partial charge in [-0.15, -0.1) is 0 Å². The van der Waals surface area contributed by atoms with Crippen LogP contribution in [-0.2, 0) is 9.31 Å². The number of rotatable bonds is 7. The highest BCUT2D eigenvalue weighted by Gasteiger charge is 2.25. The molecule has 0 bridgehead atoms. The Bertz CT molecular complexity index is 403. The second-order valence-electron chi connectivity index (χ2n) is 7.42. The van der Waals surface area contributed by atoms with Crippen LogP contribution in [0.2, 0.25) is 0 Å². The van der Waals surface area contributed by atoms with Gasteiger partial charge in [0.25, 0.3) is 0 Å². The zero-order valence-electron chi connectivity index (χ0n) is 14.4. The Morgan fingerprint density at radius 1 is 0.696 bits per heavy atom. The fourth-order valence-corrected chi connectivity index (χ4v) is 4.01. The van der Waals surface area contributed by atoms with Crippen LogP contribution >= 0.6 is 0 Å². The summed E-state index contributed by atoms with van der Waals surface area (Å²) in [6, 6.07) is 10.5. The van der Waals surface area contributed by atoms with Gasteiger partial charge in [0.1, 0.15) is 0 Å². The van der Waals surface area contributed by atoms with Crippen LogP contribution in [0.4, 0.5) is 0 Å². The van der Waals surface area contributed by atoms with Crippen LogP contribution in [0.5, 0.6) is 0 Å². The first-order valence-corrected chi connectivity index (χ1v) is 9.70. The first kappa shape index (κ1) is 17.0. The van der Waals surface area contributed by atoms with Crippen LogP contribution in [0.15, 0.2) is 30.3 Å². The fraction of sp³-hybridized carbons (Fsp3) is 0.700. The molecule has 0 aromatic heterocycles. The molecule has 3 rings (SSSR count). The average Bonchev–Trinajstić information content (AvgIpc) is 2.64. The van der Waals surface area contributed by atoms with Gasteiger partial charge in [-0.3, -0.25) is 0 Å². The highest BCUT2D eigenvalue weighted by atomic mass is 16.6. The van der Waals surface area contributed by atoms with Gasteiger partial charge in [-0.05, 0) is 43.0 Å². The maximum atomic E-state index is 6.24. The van der Waals surface area contributed by atoms with Crippen molar-refractivity contribution in [3.05, 3.63) is 30.3 Å². The van der Waals surface area contributed by atoms with Gasteiger partial charge in [-0.25, -0.2) is 0 Å². The molecule has 3 heteroatoms. The van der Waals surface area contributed by atoms with E-state index in [1.807, 2.05) is 0 Å². The molecule has 1 aromatic carbocycles. The second-order valence-corrected chi connectivity index (χ2v) is 7.42. The lowest BCUT2D eigenvalue weighted by Crippen LogP contribution is -2.39. The van der Waals surface area contributed by atoms with E-state index in [-0.39, 0.29) is 7.12 Å². The summed E-state index contributed by atoms with van der Waals surface area (Å²) in [4.78, 5) is 0. The Hall–Kier alpha value is -0.795. The third-order valence-electron chi connectivity index (χ3n) is 5.49. The monoisotopic (exact) mass is 314 g/mol. The standard InChI is InChI=1S/C20H31BO2/c1-4-10-18(11-5-1)16-22-21(20-14-8-3-9-15-20)23-17-19-12-6-2-7-13-19/h3,8-9,14-15,18-19H,1-2,4-7,10-13,16-17H2. The summed E-state index contributed by atoms with van der Waals surface area (Å²) in [7, 11) is -0.181. The summed E-state index contributed by atoms with van der Waals surface area (Å²) in [5, 5.41) is 0. The molecular weight excluding hydrogens is 283 g/mol. The molecule has 2 fully saturated rings. The molecule has 0 spiro atoms. The topological polar surface area (TPSA) is 18.5 Å². The first-order valence-electron chi connectivity index (χ1n) is 9.70. The molecule has 0 unspecified atom stereocenters. The SMILES string of the molecule is c1ccc(B(OCC2CCCCC2)OCC2CCCCC2)cc1. The Morgan fingerprint density at radius 3 is 1.65 bits per heavy atom. The molecule has 1 aromatic rings. The largest absolute Gasteiger partial charge is 0.493 e. The van der Waals surface area contributed by atoms with Crippen molar-refractivity contribution in [2.24, 2.45) is 11.8 Å². The maximum Gasteiger partial charge on any atom is 0.493 e. The highest BCUT2D eigenvalue weighted by Crippen LogP contribution is 2.25. The predicted molar refractivity (Wildman–Crippen MR) is 96.9 cm³/mol. The Morgan fingerprint density at radius 2 is 1.17 bits per heavy atom.